The third-order valence-electron chi connectivity index (χ3n) is 2.81. The number of rotatable bonds is 5. The Balaban J connectivity index is 2.27. The Morgan fingerprint density at radius 1 is 1.29 bits per heavy atom. The van der Waals surface area contributed by atoms with E-state index in [9.17, 15) is 8.42 Å². The van der Waals surface area contributed by atoms with Crippen molar-refractivity contribution in [2.45, 2.75) is 18.4 Å². The van der Waals surface area contributed by atoms with Gasteiger partial charge in [0.05, 0.1) is 3.79 Å². The van der Waals surface area contributed by atoms with Gasteiger partial charge in [0, 0.05) is 17.1 Å². The fourth-order valence-electron chi connectivity index (χ4n) is 2.01. The second-order valence-electron chi connectivity index (χ2n) is 5.01. The highest BCUT2D eigenvalue weighted by Crippen LogP contribution is 2.30. The summed E-state index contributed by atoms with van der Waals surface area (Å²) in [7, 11) is 0.399. The number of hydrogen-bond donors (Lipinski definition) is 1. The molecule has 0 unspecified atom stereocenters. The van der Waals surface area contributed by atoms with Crippen molar-refractivity contribution in [3.8, 4) is 0 Å². The van der Waals surface area contributed by atoms with Gasteiger partial charge < -0.3 is 4.90 Å². The molecular weight excluding hydrogens is 372 g/mol. The topological polar surface area (TPSA) is 49.4 Å². The summed E-state index contributed by atoms with van der Waals surface area (Å²) >= 11 is 4.73. The number of hydrogen-bond acceptors (Lipinski definition) is 4. The summed E-state index contributed by atoms with van der Waals surface area (Å²) in [5.41, 5.74) is 1.64. The zero-order chi connectivity index (χ0) is 15.6. The van der Waals surface area contributed by atoms with Crippen molar-refractivity contribution in [2.75, 3.05) is 18.8 Å². The summed E-state index contributed by atoms with van der Waals surface area (Å²) in [5.74, 6) is 0. The summed E-state index contributed by atoms with van der Waals surface area (Å²) in [5, 5.41) is 0. The van der Waals surface area contributed by atoms with Crippen LogP contribution in [-0.4, -0.2) is 27.4 Å². The molecule has 7 heteroatoms. The fourth-order valence-corrected chi connectivity index (χ4v) is 5.47. The van der Waals surface area contributed by atoms with Crippen LogP contribution in [0.15, 0.2) is 39.0 Å². The zero-order valence-electron chi connectivity index (χ0n) is 12.1. The normalized spacial score (nSPS) is 11.9. The van der Waals surface area contributed by atoms with Crippen molar-refractivity contribution in [3.63, 3.8) is 0 Å². The molecular formula is C14H17BrN2O2S2. The predicted octanol–water partition coefficient (Wildman–Crippen LogP) is 3.68. The Morgan fingerprint density at radius 3 is 2.57 bits per heavy atom. The average molecular weight is 389 g/mol. The van der Waals surface area contributed by atoms with E-state index in [1.54, 1.807) is 19.1 Å². The zero-order valence-corrected chi connectivity index (χ0v) is 15.3. The molecule has 0 fully saturated rings. The van der Waals surface area contributed by atoms with Gasteiger partial charge in [0.2, 0.25) is 0 Å². The van der Waals surface area contributed by atoms with Crippen LogP contribution in [-0.2, 0) is 16.6 Å². The van der Waals surface area contributed by atoms with Gasteiger partial charge in [0.25, 0.3) is 10.0 Å². The minimum Gasteiger partial charge on any atom is -0.305 e. The quantitative estimate of drug-likeness (QED) is 0.849. The molecule has 1 heterocycles. The van der Waals surface area contributed by atoms with E-state index in [2.05, 4.69) is 20.7 Å². The van der Waals surface area contributed by atoms with E-state index in [1.165, 1.54) is 11.3 Å². The number of benzene rings is 1. The number of sulfonamides is 1. The van der Waals surface area contributed by atoms with Gasteiger partial charge in [-0.15, -0.1) is 11.3 Å². The van der Waals surface area contributed by atoms with Crippen molar-refractivity contribution >= 4 is 43.0 Å². The van der Waals surface area contributed by atoms with E-state index in [0.29, 0.717) is 10.6 Å². The highest BCUT2D eigenvalue weighted by Gasteiger charge is 2.19. The summed E-state index contributed by atoms with van der Waals surface area (Å²) in [4.78, 5) is 3.12. The van der Waals surface area contributed by atoms with E-state index in [-0.39, 0.29) is 0 Å². The molecule has 0 atom stereocenters. The molecule has 114 valence electrons. The predicted molar refractivity (Wildman–Crippen MR) is 91.4 cm³/mol. The molecule has 0 aliphatic heterocycles. The van der Waals surface area contributed by atoms with Gasteiger partial charge in [-0.3, -0.25) is 4.72 Å². The first kappa shape index (κ1) is 16.5. The van der Waals surface area contributed by atoms with E-state index in [4.69, 9.17) is 0 Å². The van der Waals surface area contributed by atoms with Gasteiger partial charge in [-0.25, -0.2) is 8.42 Å². The van der Waals surface area contributed by atoms with Gasteiger partial charge in [0.15, 0.2) is 0 Å². The van der Waals surface area contributed by atoms with Crippen molar-refractivity contribution < 1.29 is 8.42 Å². The highest BCUT2D eigenvalue weighted by molar-refractivity contribution is 9.11. The lowest BCUT2D eigenvalue weighted by molar-refractivity contribution is 0.402. The number of aryl methyl sites for hydroxylation is 1. The maximum Gasteiger partial charge on any atom is 0.263 e. The van der Waals surface area contributed by atoms with Gasteiger partial charge >= 0.3 is 0 Å². The smallest absolute Gasteiger partial charge is 0.263 e. The Hall–Kier alpha value is -0.890. The van der Waals surface area contributed by atoms with E-state index in [0.717, 1.165) is 20.8 Å². The Labute approximate surface area is 138 Å². The molecule has 1 aromatic carbocycles. The summed E-state index contributed by atoms with van der Waals surface area (Å²) in [6, 6.07) is 9.07. The monoisotopic (exact) mass is 388 g/mol. The molecule has 0 saturated carbocycles. The van der Waals surface area contributed by atoms with Crippen LogP contribution in [0.2, 0.25) is 0 Å². The van der Waals surface area contributed by atoms with E-state index in [1.807, 2.05) is 37.2 Å². The van der Waals surface area contributed by atoms with Crippen LogP contribution in [0.5, 0.6) is 0 Å². The largest absolute Gasteiger partial charge is 0.305 e. The maximum atomic E-state index is 12.4. The molecule has 21 heavy (non-hydrogen) atoms. The van der Waals surface area contributed by atoms with Gasteiger partial charge in [-0.05, 0) is 60.7 Å². The fraction of sp³-hybridized carbons (Fsp3) is 0.286. The number of anilines is 1. The molecule has 0 spiro atoms. The summed E-state index contributed by atoms with van der Waals surface area (Å²) < 4.78 is 28.3. The molecule has 1 N–H and O–H groups in total. The first-order valence-electron chi connectivity index (χ1n) is 6.30. The maximum absolute atomic E-state index is 12.4. The molecule has 0 amide bonds. The first-order chi connectivity index (χ1) is 9.78. The van der Waals surface area contributed by atoms with Gasteiger partial charge in [-0.2, -0.15) is 0 Å². The van der Waals surface area contributed by atoms with Crippen LogP contribution >= 0.6 is 27.3 Å². The Bertz CT molecular complexity index is 739. The second-order valence-corrected chi connectivity index (χ2v) is 9.30. The van der Waals surface area contributed by atoms with Crippen LogP contribution in [0.25, 0.3) is 0 Å². The van der Waals surface area contributed by atoms with Crippen LogP contribution < -0.4 is 4.72 Å². The highest BCUT2D eigenvalue weighted by atomic mass is 79.9. The number of thiophene rings is 1. The average Bonchev–Trinajstić information content (AvgIpc) is 2.68. The van der Waals surface area contributed by atoms with Crippen LogP contribution in [0.1, 0.15) is 10.4 Å². The van der Waals surface area contributed by atoms with Gasteiger partial charge in [0.1, 0.15) is 4.90 Å². The molecule has 0 bridgehead atoms. The Morgan fingerprint density at radius 2 is 2.00 bits per heavy atom. The molecule has 2 rings (SSSR count). The van der Waals surface area contributed by atoms with Crippen molar-refractivity contribution in [1.29, 1.82) is 0 Å². The van der Waals surface area contributed by atoms with Crippen molar-refractivity contribution in [1.82, 2.24) is 4.90 Å². The summed E-state index contributed by atoms with van der Waals surface area (Å²) in [6.07, 6.45) is 0. The molecule has 0 aliphatic carbocycles. The first-order valence-corrected chi connectivity index (χ1v) is 9.39. The minimum atomic E-state index is -3.55. The SMILES string of the molecule is Cc1sc(Br)cc1S(=O)(=O)Nc1cccc(CN(C)C)c1. The lowest BCUT2D eigenvalue weighted by Crippen LogP contribution is -2.14. The summed E-state index contributed by atoms with van der Waals surface area (Å²) in [6.45, 7) is 2.56. The number of halogens is 1. The number of nitrogens with zero attached hydrogens (tertiary/aromatic N) is 1. The third-order valence-corrected chi connectivity index (χ3v) is 6.00. The molecule has 1 aromatic heterocycles. The van der Waals surface area contributed by atoms with E-state index < -0.39 is 10.0 Å². The van der Waals surface area contributed by atoms with Crippen molar-refractivity contribution in [2.24, 2.45) is 0 Å². The van der Waals surface area contributed by atoms with Crippen LogP contribution in [0, 0.1) is 6.92 Å². The minimum absolute atomic E-state index is 0.317. The molecule has 0 saturated heterocycles. The van der Waals surface area contributed by atoms with Crippen LogP contribution in [0.3, 0.4) is 0 Å². The molecule has 0 radical (unpaired) electrons. The number of nitrogens with one attached hydrogen (secondary N) is 1. The standard InChI is InChI=1S/C14H17BrN2O2S2/c1-10-13(8-14(15)20-10)21(18,19)16-12-6-4-5-11(7-12)9-17(2)3/h4-8,16H,9H2,1-3H3. The van der Waals surface area contributed by atoms with Crippen LogP contribution in [0.4, 0.5) is 5.69 Å². The molecule has 2 aromatic rings. The lowest BCUT2D eigenvalue weighted by atomic mass is 10.2. The second kappa shape index (κ2) is 6.48. The molecule has 0 aliphatic rings. The lowest BCUT2D eigenvalue weighted by Gasteiger charge is -2.12. The molecule has 4 nitrogen and oxygen atoms in total. The van der Waals surface area contributed by atoms with Crippen molar-refractivity contribution in [3.05, 3.63) is 44.6 Å². The Kier molecular flexibility index (Phi) is 5.08. The van der Waals surface area contributed by atoms with E-state index >= 15 is 0 Å². The third kappa shape index (κ3) is 4.29. The van der Waals surface area contributed by atoms with Gasteiger partial charge in [-0.1, -0.05) is 12.1 Å².